The van der Waals surface area contributed by atoms with Crippen LogP contribution in [0.4, 0.5) is 0 Å². The number of aromatic amines is 1. The Kier molecular flexibility index (Phi) is 7.07. The van der Waals surface area contributed by atoms with E-state index < -0.39 is 0 Å². The molecule has 31 heavy (non-hydrogen) atoms. The van der Waals surface area contributed by atoms with Gasteiger partial charge >= 0.3 is 0 Å². The number of carbonyl (C=O) groups is 1. The second-order valence-corrected chi connectivity index (χ2v) is 6.98. The van der Waals surface area contributed by atoms with Crippen LogP contribution in [0.3, 0.4) is 0 Å². The first-order valence-corrected chi connectivity index (χ1v) is 9.74. The molecule has 3 aromatic heterocycles. The zero-order valence-corrected chi connectivity index (χ0v) is 17.2. The third-order valence-corrected chi connectivity index (χ3v) is 5.05. The van der Waals surface area contributed by atoms with Crippen molar-refractivity contribution in [3.63, 3.8) is 0 Å². The van der Waals surface area contributed by atoms with Crippen molar-refractivity contribution in [2.24, 2.45) is 0 Å². The van der Waals surface area contributed by atoms with Gasteiger partial charge in [0.05, 0.1) is 23.3 Å². The van der Waals surface area contributed by atoms with Crippen LogP contribution in [0.25, 0.3) is 16.8 Å². The van der Waals surface area contributed by atoms with Gasteiger partial charge in [0.1, 0.15) is 12.1 Å². The maximum absolute atomic E-state index is 10.1. The summed E-state index contributed by atoms with van der Waals surface area (Å²) in [5.41, 5.74) is 6.18. The van der Waals surface area contributed by atoms with Gasteiger partial charge in [0.2, 0.25) is 0 Å². The fourth-order valence-corrected chi connectivity index (χ4v) is 3.36. The lowest BCUT2D eigenvalue weighted by molar-refractivity contribution is 0.112. The van der Waals surface area contributed by atoms with Gasteiger partial charge in [-0.1, -0.05) is 25.3 Å². The summed E-state index contributed by atoms with van der Waals surface area (Å²) < 4.78 is 2.12. The fraction of sp³-hybridized carbons (Fsp3) is 0.217. The molecule has 0 radical (unpaired) electrons. The molecule has 8 heteroatoms. The SMILES string of the molecule is C=C=C.CNC1CC(c2nnc3cnc4[nH]ccc4n23)C1.N#Cc1ccc(C=O)cc1. The summed E-state index contributed by atoms with van der Waals surface area (Å²) in [6.45, 7) is 6.25. The molecule has 8 nitrogen and oxygen atoms in total. The zero-order valence-electron chi connectivity index (χ0n) is 17.2. The summed E-state index contributed by atoms with van der Waals surface area (Å²) in [6, 6.07) is 11.1. The third kappa shape index (κ3) is 4.75. The molecular formula is C23H23N7O. The van der Waals surface area contributed by atoms with Crippen LogP contribution in [0.2, 0.25) is 0 Å². The van der Waals surface area contributed by atoms with Gasteiger partial charge in [-0.25, -0.2) is 4.98 Å². The van der Waals surface area contributed by atoms with Crippen molar-refractivity contribution in [2.75, 3.05) is 7.05 Å². The highest BCUT2D eigenvalue weighted by Gasteiger charge is 2.32. The average molecular weight is 413 g/mol. The molecule has 0 unspecified atom stereocenters. The quantitative estimate of drug-likeness (QED) is 0.393. The first-order chi connectivity index (χ1) is 15.1. The zero-order chi connectivity index (χ0) is 22.2. The molecule has 0 atom stereocenters. The van der Waals surface area contributed by atoms with Gasteiger partial charge in [-0.05, 0) is 38.1 Å². The summed E-state index contributed by atoms with van der Waals surface area (Å²) >= 11 is 0. The van der Waals surface area contributed by atoms with E-state index in [0.717, 1.165) is 41.8 Å². The largest absolute Gasteiger partial charge is 0.345 e. The number of aromatic nitrogens is 5. The molecule has 1 saturated carbocycles. The standard InChI is InChI=1S/C12H14N6.C8H5NO.C3H4/c1-13-8-4-7(5-8)12-17-16-10-6-15-11-9(18(10)12)2-3-14-11;9-5-7-1-3-8(6-10)4-2-7;1-3-2/h2-3,6-8,13-14H,4-5H2,1H3;1-4,6H;1-2H2. The number of benzene rings is 1. The lowest BCUT2D eigenvalue weighted by Gasteiger charge is -2.33. The number of nitriles is 1. The van der Waals surface area contributed by atoms with Crippen LogP contribution in [0.1, 0.15) is 40.5 Å². The Morgan fingerprint density at radius 2 is 1.94 bits per heavy atom. The molecule has 0 spiro atoms. The Morgan fingerprint density at radius 1 is 1.23 bits per heavy atom. The van der Waals surface area contributed by atoms with Crippen molar-refractivity contribution < 1.29 is 4.79 Å². The number of rotatable bonds is 3. The monoisotopic (exact) mass is 413 g/mol. The van der Waals surface area contributed by atoms with Crippen LogP contribution < -0.4 is 5.32 Å². The molecule has 2 N–H and O–H groups in total. The molecule has 1 fully saturated rings. The number of hydrogen-bond acceptors (Lipinski definition) is 6. The lowest BCUT2D eigenvalue weighted by Crippen LogP contribution is -2.38. The van der Waals surface area contributed by atoms with Crippen molar-refractivity contribution in [3.05, 3.63) is 78.6 Å². The van der Waals surface area contributed by atoms with E-state index in [-0.39, 0.29) is 0 Å². The Bertz CT molecular complexity index is 1230. The Hall–Kier alpha value is -4.05. The third-order valence-electron chi connectivity index (χ3n) is 5.05. The minimum absolute atomic E-state index is 0.498. The predicted molar refractivity (Wildman–Crippen MR) is 119 cm³/mol. The van der Waals surface area contributed by atoms with E-state index in [1.54, 1.807) is 30.5 Å². The van der Waals surface area contributed by atoms with Crippen LogP contribution in [0.5, 0.6) is 0 Å². The van der Waals surface area contributed by atoms with Gasteiger partial charge in [-0.2, -0.15) is 5.26 Å². The number of carbonyl (C=O) groups excluding carboxylic acids is 1. The molecule has 3 heterocycles. The van der Waals surface area contributed by atoms with Gasteiger partial charge in [0.15, 0.2) is 11.3 Å². The molecule has 1 aliphatic rings. The van der Waals surface area contributed by atoms with Crippen LogP contribution in [-0.4, -0.2) is 43.9 Å². The first-order valence-electron chi connectivity index (χ1n) is 9.74. The molecule has 156 valence electrons. The summed E-state index contributed by atoms with van der Waals surface area (Å²) in [7, 11) is 2.01. The second-order valence-electron chi connectivity index (χ2n) is 6.98. The highest BCUT2D eigenvalue weighted by atomic mass is 16.1. The van der Waals surface area contributed by atoms with E-state index >= 15 is 0 Å². The van der Waals surface area contributed by atoms with Crippen molar-refractivity contribution in [1.29, 1.82) is 5.26 Å². The number of nitrogens with zero attached hydrogens (tertiary/aromatic N) is 5. The molecule has 0 aliphatic heterocycles. The minimum atomic E-state index is 0.498. The van der Waals surface area contributed by atoms with Crippen molar-refractivity contribution in [1.82, 2.24) is 29.9 Å². The van der Waals surface area contributed by atoms with Crippen molar-refractivity contribution >= 4 is 23.1 Å². The van der Waals surface area contributed by atoms with Crippen LogP contribution >= 0.6 is 0 Å². The van der Waals surface area contributed by atoms with Gasteiger partial charge in [-0.15, -0.1) is 15.9 Å². The summed E-state index contributed by atoms with van der Waals surface area (Å²) in [4.78, 5) is 17.6. The van der Waals surface area contributed by atoms with Gasteiger partial charge in [-0.3, -0.25) is 9.20 Å². The summed E-state index contributed by atoms with van der Waals surface area (Å²) in [5, 5.41) is 20.2. The Morgan fingerprint density at radius 3 is 2.55 bits per heavy atom. The molecule has 0 bridgehead atoms. The first kappa shape index (κ1) is 21.7. The number of H-pyrrole nitrogens is 1. The number of hydrogen-bond donors (Lipinski definition) is 2. The van der Waals surface area contributed by atoms with Gasteiger partial charge < -0.3 is 10.3 Å². The number of fused-ring (bicyclic) bond motifs is 3. The Balaban J connectivity index is 0.000000178. The van der Waals surface area contributed by atoms with Gasteiger partial charge in [0, 0.05) is 23.7 Å². The van der Waals surface area contributed by atoms with E-state index in [0.29, 0.717) is 23.1 Å². The minimum Gasteiger partial charge on any atom is -0.345 e. The van der Waals surface area contributed by atoms with Crippen LogP contribution in [0, 0.1) is 11.3 Å². The topological polar surface area (TPSA) is 112 Å². The smallest absolute Gasteiger partial charge is 0.179 e. The molecule has 1 aliphatic carbocycles. The number of nitrogens with one attached hydrogen (secondary N) is 2. The lowest BCUT2D eigenvalue weighted by atomic mass is 9.80. The van der Waals surface area contributed by atoms with E-state index in [1.807, 2.05) is 25.4 Å². The average Bonchev–Trinajstić information content (AvgIpc) is 3.41. The van der Waals surface area contributed by atoms with E-state index in [9.17, 15) is 4.79 Å². The fourth-order valence-electron chi connectivity index (χ4n) is 3.36. The van der Waals surface area contributed by atoms with E-state index in [1.165, 1.54) is 0 Å². The molecule has 1 aromatic carbocycles. The molecule has 0 saturated heterocycles. The number of aldehydes is 1. The summed E-state index contributed by atoms with van der Waals surface area (Å²) in [5.74, 6) is 1.56. The van der Waals surface area contributed by atoms with Gasteiger partial charge in [0.25, 0.3) is 0 Å². The molecular weight excluding hydrogens is 390 g/mol. The highest BCUT2D eigenvalue weighted by Crippen LogP contribution is 2.36. The van der Waals surface area contributed by atoms with Crippen LogP contribution in [0.15, 0.2) is 61.6 Å². The van der Waals surface area contributed by atoms with E-state index in [2.05, 4.69) is 48.8 Å². The maximum Gasteiger partial charge on any atom is 0.179 e. The molecule has 0 amide bonds. The van der Waals surface area contributed by atoms with Crippen LogP contribution in [-0.2, 0) is 0 Å². The van der Waals surface area contributed by atoms with Crippen molar-refractivity contribution in [3.8, 4) is 6.07 Å². The van der Waals surface area contributed by atoms with E-state index in [4.69, 9.17) is 5.26 Å². The second kappa shape index (κ2) is 10.1. The Labute approximate surface area is 180 Å². The molecule has 4 aromatic rings. The normalized spacial score (nSPS) is 16.6. The molecule has 5 rings (SSSR count). The maximum atomic E-state index is 10.1. The predicted octanol–water partition coefficient (Wildman–Crippen LogP) is 3.40. The highest BCUT2D eigenvalue weighted by molar-refractivity contribution is 5.75. The van der Waals surface area contributed by atoms with Crippen molar-refractivity contribution in [2.45, 2.75) is 24.8 Å². The summed E-state index contributed by atoms with van der Waals surface area (Å²) in [6.07, 6.45) is 6.68.